The van der Waals surface area contributed by atoms with E-state index in [2.05, 4.69) is 23.1 Å². The van der Waals surface area contributed by atoms with Gasteiger partial charge in [-0.25, -0.2) is 9.78 Å². The van der Waals surface area contributed by atoms with Crippen molar-refractivity contribution in [2.24, 2.45) is 0 Å². The largest absolute Gasteiger partial charge is 0.477 e. The van der Waals surface area contributed by atoms with E-state index in [9.17, 15) is 4.79 Å². The van der Waals surface area contributed by atoms with Crippen LogP contribution < -0.4 is 4.90 Å². The Morgan fingerprint density at radius 1 is 1.56 bits per heavy atom. The van der Waals surface area contributed by atoms with Crippen LogP contribution in [-0.2, 0) is 6.42 Å². The predicted octanol–water partition coefficient (Wildman–Crippen LogP) is 2.98. The number of anilines is 1. The third-order valence-corrected chi connectivity index (χ3v) is 4.79. The van der Waals surface area contributed by atoms with Gasteiger partial charge in [-0.3, -0.25) is 0 Å². The van der Waals surface area contributed by atoms with Gasteiger partial charge in [-0.2, -0.15) is 11.8 Å². The number of aromatic carboxylic acids is 1. The minimum atomic E-state index is -0.873. The Hall–Kier alpha value is -0.750. The van der Waals surface area contributed by atoms with E-state index in [0.29, 0.717) is 23.0 Å². The van der Waals surface area contributed by atoms with Gasteiger partial charge in [0.25, 0.3) is 0 Å². The number of hydrogen-bond donors (Lipinski definition) is 1. The molecule has 1 N–H and O–H groups in total. The molecule has 0 saturated carbocycles. The number of aromatic nitrogens is 1. The molecule has 0 saturated heterocycles. The predicted molar refractivity (Wildman–Crippen MR) is 79.3 cm³/mol. The molecule has 1 heterocycles. The van der Waals surface area contributed by atoms with Gasteiger partial charge in [0.05, 0.1) is 5.69 Å². The van der Waals surface area contributed by atoms with Crippen LogP contribution in [0, 0.1) is 0 Å². The van der Waals surface area contributed by atoms with Gasteiger partial charge in [-0.15, -0.1) is 0 Å². The highest BCUT2D eigenvalue weighted by Gasteiger charge is 2.21. The maximum Gasteiger partial charge on any atom is 0.347 e. The molecule has 0 radical (unpaired) electrons. The molecule has 0 aromatic carbocycles. The Morgan fingerprint density at radius 3 is 2.61 bits per heavy atom. The smallest absolute Gasteiger partial charge is 0.347 e. The molecule has 1 aromatic heterocycles. The van der Waals surface area contributed by atoms with E-state index < -0.39 is 5.97 Å². The number of carboxylic acid groups (broad SMARTS) is 1. The summed E-state index contributed by atoms with van der Waals surface area (Å²) in [5, 5.41) is 9.95. The molecule has 0 fully saturated rings. The number of carboxylic acids is 1. The average Bonchev–Trinajstić information content (AvgIpc) is 2.79. The lowest BCUT2D eigenvalue weighted by Crippen LogP contribution is -2.33. The van der Waals surface area contributed by atoms with Crippen LogP contribution in [-0.4, -0.2) is 41.2 Å². The number of carbonyl (C=O) groups is 1. The first-order valence-electron chi connectivity index (χ1n) is 5.99. The van der Waals surface area contributed by atoms with Crippen molar-refractivity contribution in [2.75, 3.05) is 24.0 Å². The minimum absolute atomic E-state index is 0.373. The average molecular weight is 288 g/mol. The van der Waals surface area contributed by atoms with Crippen molar-refractivity contribution in [2.45, 2.75) is 32.7 Å². The van der Waals surface area contributed by atoms with Crippen LogP contribution in [0.3, 0.4) is 0 Å². The molecule has 1 aromatic rings. The normalized spacial score (nSPS) is 12.4. The number of hydrogen-bond acceptors (Lipinski definition) is 5. The fourth-order valence-corrected chi connectivity index (χ4v) is 3.62. The molecular formula is C12H20N2O2S2. The molecular weight excluding hydrogens is 268 g/mol. The third-order valence-electron chi connectivity index (χ3n) is 2.89. The van der Waals surface area contributed by atoms with E-state index in [4.69, 9.17) is 5.11 Å². The zero-order chi connectivity index (χ0) is 13.7. The van der Waals surface area contributed by atoms with Gasteiger partial charge in [0.1, 0.15) is 4.88 Å². The van der Waals surface area contributed by atoms with Crippen molar-refractivity contribution >= 4 is 34.2 Å². The molecule has 0 amide bonds. The maximum absolute atomic E-state index is 11.1. The monoisotopic (exact) mass is 288 g/mol. The van der Waals surface area contributed by atoms with Gasteiger partial charge in [-0.1, -0.05) is 25.2 Å². The van der Waals surface area contributed by atoms with E-state index in [1.807, 2.05) is 14.0 Å². The quantitative estimate of drug-likeness (QED) is 0.836. The summed E-state index contributed by atoms with van der Waals surface area (Å²) in [6.45, 7) is 4.08. The Balaban J connectivity index is 2.98. The first-order valence-corrected chi connectivity index (χ1v) is 8.20. The van der Waals surface area contributed by atoms with Crippen molar-refractivity contribution in [1.82, 2.24) is 4.98 Å². The first kappa shape index (κ1) is 15.3. The number of thiazole rings is 1. The van der Waals surface area contributed by atoms with Crippen molar-refractivity contribution in [3.63, 3.8) is 0 Å². The highest BCUT2D eigenvalue weighted by molar-refractivity contribution is 7.98. The van der Waals surface area contributed by atoms with Gasteiger partial charge >= 0.3 is 5.97 Å². The lowest BCUT2D eigenvalue weighted by Gasteiger charge is -2.26. The maximum atomic E-state index is 11.1. The topological polar surface area (TPSA) is 53.4 Å². The molecule has 1 atom stereocenters. The molecule has 102 valence electrons. The summed E-state index contributed by atoms with van der Waals surface area (Å²) in [4.78, 5) is 18.1. The summed E-state index contributed by atoms with van der Waals surface area (Å²) in [6.07, 6.45) is 3.77. The van der Waals surface area contributed by atoms with E-state index in [-0.39, 0.29) is 0 Å². The summed E-state index contributed by atoms with van der Waals surface area (Å²) < 4.78 is 0. The zero-order valence-corrected chi connectivity index (χ0v) is 12.9. The molecule has 4 nitrogen and oxygen atoms in total. The Bertz CT molecular complexity index is 407. The standard InChI is InChI=1S/C12H20N2O2S2/c1-5-8(7-17-4)14(3)12-13-9(6-2)10(18-12)11(15)16/h8H,5-7H2,1-4H3,(H,15,16). The molecule has 0 bridgehead atoms. The van der Waals surface area contributed by atoms with Gasteiger partial charge in [0.15, 0.2) is 5.13 Å². The Kier molecular flexibility index (Phi) is 5.95. The van der Waals surface area contributed by atoms with E-state index in [0.717, 1.165) is 17.3 Å². The second-order valence-electron chi connectivity index (χ2n) is 4.06. The second kappa shape index (κ2) is 6.99. The summed E-state index contributed by atoms with van der Waals surface area (Å²) in [5.41, 5.74) is 0.688. The third kappa shape index (κ3) is 3.38. The van der Waals surface area contributed by atoms with Crippen LogP contribution in [0.25, 0.3) is 0 Å². The summed E-state index contributed by atoms with van der Waals surface area (Å²) in [5.74, 6) is 0.151. The van der Waals surface area contributed by atoms with Crippen molar-refractivity contribution in [1.29, 1.82) is 0 Å². The highest BCUT2D eigenvalue weighted by Crippen LogP contribution is 2.28. The van der Waals surface area contributed by atoms with Crippen LogP contribution in [0.5, 0.6) is 0 Å². The summed E-state index contributed by atoms with van der Waals surface area (Å²) in [7, 11) is 1.99. The molecule has 18 heavy (non-hydrogen) atoms. The van der Waals surface area contributed by atoms with Crippen LogP contribution >= 0.6 is 23.1 Å². The Labute approximate surface area is 116 Å². The fraction of sp³-hybridized carbons (Fsp3) is 0.667. The minimum Gasteiger partial charge on any atom is -0.477 e. The lowest BCUT2D eigenvalue weighted by molar-refractivity contribution is 0.0701. The second-order valence-corrected chi connectivity index (χ2v) is 5.95. The molecule has 1 rings (SSSR count). The molecule has 6 heteroatoms. The number of thioether (sulfide) groups is 1. The van der Waals surface area contributed by atoms with Crippen LogP contribution in [0.1, 0.15) is 35.6 Å². The van der Waals surface area contributed by atoms with E-state index in [1.54, 1.807) is 11.8 Å². The number of aryl methyl sites for hydroxylation is 1. The van der Waals surface area contributed by atoms with Gasteiger partial charge in [0, 0.05) is 18.8 Å². The van der Waals surface area contributed by atoms with Crippen LogP contribution in [0.4, 0.5) is 5.13 Å². The lowest BCUT2D eigenvalue weighted by atomic mass is 10.2. The number of rotatable bonds is 7. The SMILES string of the molecule is CCc1nc(N(C)C(CC)CSC)sc1C(=O)O. The van der Waals surface area contributed by atoms with Crippen LogP contribution in [0.15, 0.2) is 0 Å². The molecule has 0 aliphatic carbocycles. The van der Waals surface area contributed by atoms with Crippen molar-refractivity contribution in [3.05, 3.63) is 10.6 Å². The van der Waals surface area contributed by atoms with Gasteiger partial charge < -0.3 is 10.0 Å². The molecule has 0 spiro atoms. The highest BCUT2D eigenvalue weighted by atomic mass is 32.2. The Morgan fingerprint density at radius 2 is 2.22 bits per heavy atom. The van der Waals surface area contributed by atoms with E-state index in [1.165, 1.54) is 11.3 Å². The zero-order valence-electron chi connectivity index (χ0n) is 11.3. The van der Waals surface area contributed by atoms with Gasteiger partial charge in [0.2, 0.25) is 0 Å². The van der Waals surface area contributed by atoms with E-state index >= 15 is 0 Å². The molecule has 0 aliphatic rings. The summed E-state index contributed by atoms with van der Waals surface area (Å²) in [6, 6.07) is 0.400. The van der Waals surface area contributed by atoms with Crippen molar-refractivity contribution < 1.29 is 9.90 Å². The number of nitrogens with zero attached hydrogens (tertiary/aromatic N) is 2. The molecule has 1 unspecified atom stereocenters. The molecule has 0 aliphatic heterocycles. The first-order chi connectivity index (χ1) is 8.54. The van der Waals surface area contributed by atoms with Gasteiger partial charge in [-0.05, 0) is 19.1 Å². The fourth-order valence-electron chi connectivity index (χ4n) is 1.75. The summed E-state index contributed by atoms with van der Waals surface area (Å²) >= 11 is 3.08. The van der Waals surface area contributed by atoms with Crippen molar-refractivity contribution in [3.8, 4) is 0 Å². The van der Waals surface area contributed by atoms with Crippen LogP contribution in [0.2, 0.25) is 0 Å².